The number of aliphatic hydroxyl groups excluding tert-OH is 4. The summed E-state index contributed by atoms with van der Waals surface area (Å²) in [6.07, 6.45) is 33.0. The Hall–Kier alpha value is -3.24. The van der Waals surface area contributed by atoms with E-state index in [2.05, 4.69) is 38.3 Å². The average Bonchev–Trinajstić information content (AvgIpc) is 0.777. The SMILES string of the molecule is CCCCCCCCCCCCOC(=O)C(CSSC1OC(CO)[C@@H](O)[C@H](O)[C@H]1O)NC(=O)CCCCCCCCCCC.CCCCCCCCCCCCOC(=O)C(CSSC1OC(COC(=O)CN)[C@@H](OC(=O)CN)[C@H](OC(=O)CN)[C@H]1OC(=O)CN)NC(=O)CCCCCCCCCCC. The van der Waals surface area contributed by atoms with Crippen LogP contribution in [0.2, 0.25) is 0 Å². The van der Waals surface area contributed by atoms with E-state index in [0.717, 1.165) is 109 Å². The van der Waals surface area contributed by atoms with E-state index in [1.165, 1.54) is 165 Å². The Morgan fingerprint density at radius 3 is 1.05 bits per heavy atom. The molecule has 0 aromatic heterocycles. The van der Waals surface area contributed by atoms with Crippen LogP contribution >= 0.6 is 43.2 Å². The molecule has 0 aliphatic carbocycles. The number of ether oxygens (including phenoxy) is 8. The molecule has 608 valence electrons. The molecule has 6 unspecified atom stereocenters. The van der Waals surface area contributed by atoms with Crippen LogP contribution < -0.4 is 33.6 Å². The van der Waals surface area contributed by atoms with Crippen molar-refractivity contribution in [3.63, 3.8) is 0 Å². The van der Waals surface area contributed by atoms with Crippen molar-refractivity contribution in [2.45, 2.75) is 356 Å². The molecule has 2 amide bonds. The van der Waals surface area contributed by atoms with Crippen LogP contribution in [-0.2, 0) is 76.3 Å². The van der Waals surface area contributed by atoms with Crippen molar-refractivity contribution in [3.05, 3.63) is 0 Å². The maximum Gasteiger partial charge on any atom is 0.329 e. The summed E-state index contributed by atoms with van der Waals surface area (Å²) in [6, 6.07) is -1.89. The zero-order chi connectivity index (χ0) is 76.8. The molecule has 0 aromatic rings. The van der Waals surface area contributed by atoms with Gasteiger partial charge in [0.1, 0.15) is 54.6 Å². The number of amides is 2. The summed E-state index contributed by atoms with van der Waals surface area (Å²) in [6.45, 7) is 6.20. The first kappa shape index (κ1) is 98.8. The second kappa shape index (κ2) is 66.7. The Kier molecular flexibility index (Phi) is 63.4. The molecule has 2 aliphatic heterocycles. The molecule has 2 fully saturated rings. The summed E-state index contributed by atoms with van der Waals surface area (Å²) in [7, 11) is 4.36. The number of nitrogens with two attached hydrogens (primary N) is 4. The minimum absolute atomic E-state index is 0.00805. The van der Waals surface area contributed by atoms with Crippen LogP contribution in [0.5, 0.6) is 0 Å². The number of esters is 6. The first-order valence-corrected chi connectivity index (χ1v) is 44.1. The third-order valence-electron chi connectivity index (χ3n) is 17.9. The fraction of sp³-hybridized carbons (Fsp3) is 0.892. The molecule has 0 saturated carbocycles. The van der Waals surface area contributed by atoms with Crippen molar-refractivity contribution in [3.8, 4) is 0 Å². The number of unbranched alkanes of at least 4 members (excludes halogenated alkanes) is 34. The van der Waals surface area contributed by atoms with Gasteiger partial charge in [0, 0.05) is 24.3 Å². The van der Waals surface area contributed by atoms with Gasteiger partial charge >= 0.3 is 35.8 Å². The number of rotatable bonds is 64. The summed E-state index contributed by atoms with van der Waals surface area (Å²) >= 11 is 0. The maximum atomic E-state index is 13.4. The van der Waals surface area contributed by atoms with E-state index in [1.54, 1.807) is 0 Å². The lowest BCUT2D eigenvalue weighted by molar-refractivity contribution is -0.238. The molecule has 2 rings (SSSR count). The Bertz CT molecular complexity index is 2230. The number of carbonyl (C=O) groups is 8. The van der Waals surface area contributed by atoms with E-state index < -0.39 is 147 Å². The van der Waals surface area contributed by atoms with E-state index in [-0.39, 0.29) is 36.3 Å². The zero-order valence-electron chi connectivity index (χ0n) is 63.5. The Labute approximate surface area is 638 Å². The third kappa shape index (κ3) is 48.3. The summed E-state index contributed by atoms with van der Waals surface area (Å²) < 4.78 is 44.7. The standard InChI is InChI=1S/C41H75N5O12S2.C33H63NO8S2/c1-3-5-7-9-11-13-15-17-19-21-23-53-40(52)30(46-32(47)22-20-18-16-14-12-10-8-6-4-2)29-59-60-41-39(58-36(51)27-45)38(57-35(50)26-44)37(56-34(49)25-43)31(55-41)28-54-33(48)24-42;1-3-5-7-9-11-13-15-17-19-21-23-41-32(40)26(34-28(36)22-20-18-16-14-12-10-8-6-4-2)25-43-44-33-31(39)30(38)29(37)27(24-35)42-33/h30-31,37-39,41H,3-29,42-45H2,1-2H3,(H,46,47);26-27,29-31,33,35,37-39H,3-25H2,1-2H3,(H,34,36)/t30?,31?,37-,38+,39-,41?;26?,27?,29-,30+,31-,33?/m11/s1. The molecule has 12 atom stereocenters. The van der Waals surface area contributed by atoms with Gasteiger partial charge in [-0.25, -0.2) is 9.59 Å². The van der Waals surface area contributed by atoms with E-state index >= 15 is 0 Å². The van der Waals surface area contributed by atoms with E-state index in [9.17, 15) is 58.8 Å². The van der Waals surface area contributed by atoms with Crippen molar-refractivity contribution in [2.24, 2.45) is 22.9 Å². The molecule has 2 heterocycles. The molecule has 2 aliphatic rings. The monoisotopic (exact) mass is 1560 g/mol. The molecule has 0 aromatic carbocycles. The quantitative estimate of drug-likeness (QED) is 0.0117. The highest BCUT2D eigenvalue weighted by Gasteiger charge is 2.53. The third-order valence-corrected chi connectivity index (χ3v) is 23.0. The van der Waals surface area contributed by atoms with Crippen LogP contribution in [0.3, 0.4) is 0 Å². The highest BCUT2D eigenvalue weighted by atomic mass is 33.1. The van der Waals surface area contributed by atoms with Crippen LogP contribution in [0.4, 0.5) is 0 Å². The van der Waals surface area contributed by atoms with Gasteiger partial charge in [0.2, 0.25) is 11.8 Å². The molecule has 0 radical (unpaired) electrons. The molecular formula is C74H138N6O20S4. The second-order valence-electron chi connectivity index (χ2n) is 27.0. The van der Waals surface area contributed by atoms with E-state index in [0.29, 0.717) is 25.9 Å². The second-order valence-corrected chi connectivity index (χ2v) is 32.0. The predicted octanol–water partition coefficient (Wildman–Crippen LogP) is 10.1. The molecule has 2 saturated heterocycles. The van der Waals surface area contributed by atoms with Crippen molar-refractivity contribution in [1.82, 2.24) is 10.6 Å². The van der Waals surface area contributed by atoms with Crippen LogP contribution in [0, 0.1) is 0 Å². The minimum Gasteiger partial charge on any atom is -0.464 e. The van der Waals surface area contributed by atoms with E-state index in [1.807, 2.05) is 0 Å². The van der Waals surface area contributed by atoms with Gasteiger partial charge in [-0.3, -0.25) is 28.8 Å². The van der Waals surface area contributed by atoms with Crippen molar-refractivity contribution in [2.75, 3.05) is 64.1 Å². The molecule has 104 heavy (non-hydrogen) atoms. The summed E-state index contributed by atoms with van der Waals surface area (Å²) in [5, 5.41) is 45.5. The number of hydrogen-bond acceptors (Lipinski definition) is 28. The van der Waals surface area contributed by atoms with Gasteiger partial charge in [-0.05, 0) is 25.7 Å². The lowest BCUT2D eigenvalue weighted by Gasteiger charge is -2.44. The Balaban J connectivity index is 0.00000109. The van der Waals surface area contributed by atoms with Crippen LogP contribution in [0.1, 0.15) is 285 Å². The number of carbonyl (C=O) groups excluding carboxylic acids is 8. The fourth-order valence-electron chi connectivity index (χ4n) is 11.6. The van der Waals surface area contributed by atoms with Gasteiger partial charge in [0.25, 0.3) is 0 Å². The maximum absolute atomic E-state index is 13.4. The van der Waals surface area contributed by atoms with Gasteiger partial charge in [-0.2, -0.15) is 0 Å². The van der Waals surface area contributed by atoms with Gasteiger partial charge < -0.3 is 91.9 Å². The zero-order valence-corrected chi connectivity index (χ0v) is 66.8. The minimum atomic E-state index is -1.52. The average molecular weight is 1560 g/mol. The van der Waals surface area contributed by atoms with Crippen LogP contribution in [0.15, 0.2) is 0 Å². The summed E-state index contributed by atoms with van der Waals surface area (Å²) in [5.74, 6) is -4.91. The number of nitrogens with one attached hydrogen (secondary N) is 2. The lowest BCUT2D eigenvalue weighted by atomic mass is 9.99. The highest BCUT2D eigenvalue weighted by Crippen LogP contribution is 2.40. The Morgan fingerprint density at radius 2 is 0.692 bits per heavy atom. The predicted molar refractivity (Wildman–Crippen MR) is 412 cm³/mol. The van der Waals surface area contributed by atoms with Crippen LogP contribution in [-0.4, -0.2) is 204 Å². The first-order chi connectivity index (χ1) is 50.4. The molecule has 26 nitrogen and oxygen atoms in total. The summed E-state index contributed by atoms with van der Waals surface area (Å²) in [4.78, 5) is 102. The normalized spacial score (nSPS) is 20.6. The number of aliphatic hydroxyl groups is 4. The van der Waals surface area contributed by atoms with Crippen LogP contribution in [0.25, 0.3) is 0 Å². The molecule has 14 N–H and O–H groups in total. The summed E-state index contributed by atoms with van der Waals surface area (Å²) in [5.41, 5.74) is 19.9. The van der Waals surface area contributed by atoms with E-state index in [4.69, 9.17) is 60.8 Å². The van der Waals surface area contributed by atoms with Crippen molar-refractivity contribution >= 4 is 90.8 Å². The highest BCUT2D eigenvalue weighted by molar-refractivity contribution is 8.77. The molecule has 0 spiro atoms. The molecular weight excluding hydrogens is 1420 g/mol. The smallest absolute Gasteiger partial charge is 0.329 e. The van der Waals surface area contributed by atoms with Crippen molar-refractivity contribution in [1.29, 1.82) is 0 Å². The van der Waals surface area contributed by atoms with Gasteiger partial charge in [-0.15, -0.1) is 0 Å². The van der Waals surface area contributed by atoms with Gasteiger partial charge in [0.15, 0.2) is 23.7 Å². The number of hydrogen-bond donors (Lipinski definition) is 10. The molecule has 30 heteroatoms. The topological polar surface area (TPSA) is 419 Å². The molecule has 0 bridgehead atoms. The fourth-order valence-corrected chi connectivity index (χ4v) is 16.8. The largest absolute Gasteiger partial charge is 0.464 e. The lowest BCUT2D eigenvalue weighted by Crippen LogP contribution is -2.62. The van der Waals surface area contributed by atoms with Gasteiger partial charge in [-0.1, -0.05) is 289 Å². The first-order valence-electron chi connectivity index (χ1n) is 39.4. The van der Waals surface area contributed by atoms with Crippen molar-refractivity contribution < 1.29 is 96.7 Å². The Morgan fingerprint density at radius 1 is 0.375 bits per heavy atom. The van der Waals surface area contributed by atoms with Gasteiger partial charge in [0.05, 0.1) is 46.0 Å².